The Kier molecular flexibility index (Phi) is 8.18. The van der Waals surface area contributed by atoms with Crippen LogP contribution in [-0.2, 0) is 6.67 Å². The van der Waals surface area contributed by atoms with Crippen molar-refractivity contribution in [3.05, 3.63) is 150 Å². The first-order chi connectivity index (χ1) is 19.2. The van der Waals surface area contributed by atoms with Crippen LogP contribution in [0.5, 0.6) is 0 Å². The molecular weight excluding hydrogens is 479 g/mol. The number of hydrogen-bond acceptors (Lipinski definition) is 2. The Labute approximate surface area is 231 Å². The second-order valence-electron chi connectivity index (χ2n) is 9.45. The lowest BCUT2D eigenvalue weighted by Gasteiger charge is -2.29. The monoisotopic (exact) mass is 512 g/mol. The summed E-state index contributed by atoms with van der Waals surface area (Å²) in [4.78, 5) is 4.50. The first-order valence-corrected chi connectivity index (χ1v) is 13.4. The molecule has 0 unspecified atom stereocenters. The molecule has 0 radical (unpaired) electrons. The average molecular weight is 513 g/mol. The van der Waals surface area contributed by atoms with E-state index in [0.29, 0.717) is 5.56 Å². The summed E-state index contributed by atoms with van der Waals surface area (Å²) < 4.78 is 13.2. The van der Waals surface area contributed by atoms with E-state index in [1.807, 2.05) is 43.3 Å². The van der Waals surface area contributed by atoms with Crippen molar-refractivity contribution in [3.63, 3.8) is 0 Å². The molecule has 0 amide bonds. The molecule has 0 aliphatic heterocycles. The van der Waals surface area contributed by atoms with E-state index in [0.717, 1.165) is 58.1 Å². The Balaban J connectivity index is 1.57. The number of benzene rings is 4. The molecule has 39 heavy (non-hydrogen) atoms. The highest BCUT2D eigenvalue weighted by molar-refractivity contribution is 5.81. The van der Waals surface area contributed by atoms with E-state index in [1.54, 1.807) is 0 Å². The van der Waals surface area contributed by atoms with Gasteiger partial charge in [-0.25, -0.2) is 4.39 Å². The zero-order valence-electron chi connectivity index (χ0n) is 22.3. The van der Waals surface area contributed by atoms with E-state index in [4.69, 9.17) is 0 Å². The number of allylic oxidation sites excluding steroid dienone is 4. The van der Waals surface area contributed by atoms with Crippen molar-refractivity contribution in [2.75, 3.05) is 9.80 Å². The third-order valence-corrected chi connectivity index (χ3v) is 6.86. The van der Waals surface area contributed by atoms with Crippen LogP contribution in [0.4, 0.5) is 32.8 Å². The van der Waals surface area contributed by atoms with Crippen LogP contribution in [0.3, 0.4) is 0 Å². The molecule has 1 aliphatic rings. The van der Waals surface area contributed by atoms with Crippen molar-refractivity contribution in [1.29, 1.82) is 0 Å². The maximum atomic E-state index is 13.2. The smallest absolute Gasteiger partial charge is 0.115 e. The molecule has 4 aromatic rings. The Morgan fingerprint density at radius 1 is 0.718 bits per heavy atom. The van der Waals surface area contributed by atoms with E-state index in [9.17, 15) is 4.39 Å². The second kappa shape index (κ2) is 12.3. The molecule has 5 rings (SSSR count). The zero-order valence-corrected chi connectivity index (χ0v) is 22.3. The Bertz CT molecular complexity index is 1500. The Hall–Kier alpha value is -4.63. The minimum absolute atomic E-state index is 0.462. The van der Waals surface area contributed by atoms with Gasteiger partial charge in [0.1, 0.15) is 6.67 Å². The minimum Gasteiger partial charge on any atom is -0.311 e. The number of hydrogen-bond donors (Lipinski definition) is 0. The molecule has 0 aromatic heterocycles. The van der Waals surface area contributed by atoms with Gasteiger partial charge in [-0.1, -0.05) is 73.4 Å². The molecule has 1 aliphatic carbocycles. The number of anilines is 5. The van der Waals surface area contributed by atoms with E-state index < -0.39 is 6.67 Å². The van der Waals surface area contributed by atoms with Crippen LogP contribution in [0.25, 0.3) is 12.2 Å². The van der Waals surface area contributed by atoms with Crippen LogP contribution < -0.4 is 9.80 Å². The van der Waals surface area contributed by atoms with Gasteiger partial charge in [0.05, 0.1) is 0 Å². The molecule has 0 fully saturated rings. The van der Waals surface area contributed by atoms with E-state index in [1.165, 1.54) is 0 Å². The highest BCUT2D eigenvalue weighted by Gasteiger charge is 2.17. The van der Waals surface area contributed by atoms with Crippen LogP contribution in [0.15, 0.2) is 134 Å². The quantitative estimate of drug-likeness (QED) is 0.220. The number of alkyl halides is 1. The van der Waals surface area contributed by atoms with Crippen LogP contribution in [0, 0.1) is 0 Å². The summed E-state index contributed by atoms with van der Waals surface area (Å²) in [7, 11) is 0. The zero-order chi connectivity index (χ0) is 27.0. The molecule has 0 bridgehead atoms. The molecule has 0 atom stereocenters. The predicted octanol–water partition coefficient (Wildman–Crippen LogP) is 10.7. The van der Waals surface area contributed by atoms with Gasteiger partial charge >= 0.3 is 0 Å². The Morgan fingerprint density at radius 3 is 1.92 bits per heavy atom. The minimum atomic E-state index is -0.462. The fourth-order valence-corrected chi connectivity index (χ4v) is 4.93. The van der Waals surface area contributed by atoms with Crippen LogP contribution in [0.1, 0.15) is 36.5 Å². The largest absolute Gasteiger partial charge is 0.311 e. The van der Waals surface area contributed by atoms with Crippen molar-refractivity contribution in [2.24, 2.45) is 0 Å². The summed E-state index contributed by atoms with van der Waals surface area (Å²) in [6, 6.07) is 33.2. The van der Waals surface area contributed by atoms with Gasteiger partial charge in [-0.3, -0.25) is 0 Å². The standard InChI is InChI=1S/C36H33FN2/c1-3-11-30-26-36(21-18-29(30)4-2)39(32-14-9-6-10-15-32)35-24-22-34(23-25-35)38(31-12-7-5-8-13-31)33-19-16-28(27-37)17-20-33/h3-4,6-7,9-26H,2,5,8,27H2,1H3/b11-3-. The van der Waals surface area contributed by atoms with Gasteiger partial charge in [0, 0.05) is 34.1 Å². The summed E-state index contributed by atoms with van der Waals surface area (Å²) >= 11 is 0. The summed E-state index contributed by atoms with van der Waals surface area (Å²) in [5.41, 5.74) is 9.30. The number of halogens is 1. The number of rotatable bonds is 9. The van der Waals surface area contributed by atoms with Gasteiger partial charge in [0.15, 0.2) is 0 Å². The number of para-hydroxylation sites is 1. The third kappa shape index (κ3) is 5.78. The van der Waals surface area contributed by atoms with Gasteiger partial charge in [0.25, 0.3) is 0 Å². The van der Waals surface area contributed by atoms with Crippen molar-refractivity contribution >= 4 is 40.6 Å². The van der Waals surface area contributed by atoms with Crippen LogP contribution in [0.2, 0.25) is 0 Å². The molecule has 0 N–H and O–H groups in total. The molecule has 0 saturated heterocycles. The fourth-order valence-electron chi connectivity index (χ4n) is 4.93. The van der Waals surface area contributed by atoms with E-state index in [2.05, 4.69) is 113 Å². The van der Waals surface area contributed by atoms with Crippen LogP contribution >= 0.6 is 0 Å². The Morgan fingerprint density at radius 2 is 1.33 bits per heavy atom. The van der Waals surface area contributed by atoms with Gasteiger partial charge in [-0.15, -0.1) is 0 Å². The summed E-state index contributed by atoms with van der Waals surface area (Å²) in [5, 5.41) is 0. The predicted molar refractivity (Wildman–Crippen MR) is 166 cm³/mol. The maximum Gasteiger partial charge on any atom is 0.115 e. The fraction of sp³-hybridized carbons (Fsp3) is 0.111. The lowest BCUT2D eigenvalue weighted by Crippen LogP contribution is -2.16. The normalized spacial score (nSPS) is 12.8. The molecule has 0 heterocycles. The topological polar surface area (TPSA) is 6.48 Å². The highest BCUT2D eigenvalue weighted by Crippen LogP contribution is 2.38. The molecule has 4 aromatic carbocycles. The van der Waals surface area contributed by atoms with Gasteiger partial charge in [-0.05, 0) is 103 Å². The maximum absolute atomic E-state index is 13.2. The first-order valence-electron chi connectivity index (χ1n) is 13.4. The lowest BCUT2D eigenvalue weighted by atomic mass is 10.0. The van der Waals surface area contributed by atoms with Gasteiger partial charge < -0.3 is 9.80 Å². The van der Waals surface area contributed by atoms with Gasteiger partial charge in [-0.2, -0.15) is 0 Å². The summed E-state index contributed by atoms with van der Waals surface area (Å²) in [6.45, 7) is 5.55. The average Bonchev–Trinajstić information content (AvgIpc) is 3.00. The summed E-state index contributed by atoms with van der Waals surface area (Å²) in [5.74, 6) is 0. The number of nitrogens with zero attached hydrogens (tertiary/aromatic N) is 2. The van der Waals surface area contributed by atoms with Gasteiger partial charge in [0.2, 0.25) is 0 Å². The van der Waals surface area contributed by atoms with Crippen molar-refractivity contribution in [2.45, 2.75) is 26.4 Å². The third-order valence-electron chi connectivity index (χ3n) is 6.86. The first kappa shape index (κ1) is 26.0. The molecule has 3 heteroatoms. The van der Waals surface area contributed by atoms with Crippen molar-refractivity contribution in [3.8, 4) is 0 Å². The molecule has 2 nitrogen and oxygen atoms in total. The molecule has 0 saturated carbocycles. The van der Waals surface area contributed by atoms with Crippen molar-refractivity contribution < 1.29 is 4.39 Å². The lowest BCUT2D eigenvalue weighted by molar-refractivity contribution is 0.485. The second-order valence-corrected chi connectivity index (χ2v) is 9.45. The SMILES string of the molecule is C=Cc1ccc(N(c2ccccc2)c2ccc(N(C3=CCCC=C3)c3ccc(CF)cc3)cc2)cc1/C=C\C. The molecule has 194 valence electrons. The van der Waals surface area contributed by atoms with E-state index >= 15 is 0 Å². The van der Waals surface area contributed by atoms with E-state index in [-0.39, 0.29) is 0 Å². The van der Waals surface area contributed by atoms with Crippen LogP contribution in [-0.4, -0.2) is 0 Å². The highest BCUT2D eigenvalue weighted by atomic mass is 19.1. The molecular formula is C36H33FN2. The molecule has 0 spiro atoms. The van der Waals surface area contributed by atoms with Crippen molar-refractivity contribution in [1.82, 2.24) is 0 Å². The summed E-state index contributed by atoms with van der Waals surface area (Å²) in [6.07, 6.45) is 14.7.